The van der Waals surface area contributed by atoms with Crippen LogP contribution in [0.1, 0.15) is 0 Å². The van der Waals surface area contributed by atoms with Crippen molar-refractivity contribution in [1.29, 1.82) is 0 Å². The molecule has 25 heavy (non-hydrogen) atoms. The first-order valence-electron chi connectivity index (χ1n) is 7.84. The van der Waals surface area contributed by atoms with Crippen LogP contribution in [0.15, 0.2) is 60.7 Å². The van der Waals surface area contributed by atoms with Crippen LogP contribution in [0.3, 0.4) is 0 Å². The molecule has 128 valence electrons. The van der Waals surface area contributed by atoms with Gasteiger partial charge in [0.1, 0.15) is 17.2 Å². The molecule has 3 aromatic rings. The summed E-state index contributed by atoms with van der Waals surface area (Å²) in [7, 11) is 5.05. The molecule has 0 saturated heterocycles. The zero-order valence-corrected chi connectivity index (χ0v) is 16.5. The van der Waals surface area contributed by atoms with Crippen LogP contribution in [-0.4, -0.2) is 21.3 Å². The number of para-hydroxylation sites is 1. The lowest BCUT2D eigenvalue weighted by Crippen LogP contribution is -1.94. The van der Waals surface area contributed by atoms with Crippen LogP contribution in [0.5, 0.6) is 17.2 Å². The topological polar surface area (TPSA) is 27.7 Å². The third-order valence-corrected chi connectivity index (χ3v) is 5.25. The second-order valence-corrected chi connectivity index (χ2v) is 6.51. The molecule has 3 aromatic carbocycles. The van der Waals surface area contributed by atoms with Crippen LogP contribution in [0.25, 0.3) is 22.3 Å². The first-order chi connectivity index (χ1) is 12.2. The van der Waals surface area contributed by atoms with E-state index in [0.29, 0.717) is 0 Å². The van der Waals surface area contributed by atoms with E-state index in [1.54, 1.807) is 21.3 Å². The average Bonchev–Trinajstić information content (AvgIpc) is 2.67. The molecule has 0 heterocycles. The van der Waals surface area contributed by atoms with Gasteiger partial charge in [-0.05, 0) is 58.0 Å². The molecule has 0 unspecified atom stereocenters. The standard InChI is InChI=1S/C21H19IO3/c1-23-14-11-12-20(25-3)18(13-14)17-9-6-8-16(21(17)22)15-7-4-5-10-19(15)24-2/h4-13H,1-3H3. The third-order valence-electron chi connectivity index (χ3n) is 4.09. The predicted octanol–water partition coefficient (Wildman–Crippen LogP) is 5.65. The molecule has 0 bridgehead atoms. The fraction of sp³-hybridized carbons (Fsp3) is 0.143. The van der Waals surface area contributed by atoms with Crippen molar-refractivity contribution in [3.8, 4) is 39.5 Å². The monoisotopic (exact) mass is 446 g/mol. The number of benzene rings is 3. The van der Waals surface area contributed by atoms with Crippen molar-refractivity contribution in [2.45, 2.75) is 0 Å². The number of halogens is 1. The van der Waals surface area contributed by atoms with Gasteiger partial charge in [-0.25, -0.2) is 0 Å². The number of ether oxygens (including phenoxy) is 3. The zero-order valence-electron chi connectivity index (χ0n) is 14.4. The molecular weight excluding hydrogens is 427 g/mol. The molecule has 0 aromatic heterocycles. The predicted molar refractivity (Wildman–Crippen MR) is 110 cm³/mol. The Morgan fingerprint density at radius 2 is 1.20 bits per heavy atom. The highest BCUT2D eigenvalue weighted by Crippen LogP contribution is 2.41. The minimum absolute atomic E-state index is 0.800. The van der Waals surface area contributed by atoms with Gasteiger partial charge in [-0.1, -0.05) is 36.4 Å². The Kier molecular flexibility index (Phi) is 5.48. The van der Waals surface area contributed by atoms with E-state index in [9.17, 15) is 0 Å². The summed E-state index contributed by atoms with van der Waals surface area (Å²) in [6.45, 7) is 0. The molecule has 0 spiro atoms. The van der Waals surface area contributed by atoms with Crippen molar-refractivity contribution in [3.05, 3.63) is 64.2 Å². The van der Waals surface area contributed by atoms with Gasteiger partial charge in [0.25, 0.3) is 0 Å². The van der Waals surface area contributed by atoms with Crippen LogP contribution in [0.2, 0.25) is 0 Å². The van der Waals surface area contributed by atoms with Gasteiger partial charge in [-0.3, -0.25) is 0 Å². The summed E-state index contributed by atoms with van der Waals surface area (Å²) in [6, 6.07) is 20.1. The molecule has 0 amide bonds. The molecular formula is C21H19IO3. The Hall–Kier alpha value is -2.21. The van der Waals surface area contributed by atoms with E-state index in [-0.39, 0.29) is 0 Å². The third kappa shape index (κ3) is 3.44. The lowest BCUT2D eigenvalue weighted by Gasteiger charge is -2.16. The Morgan fingerprint density at radius 1 is 0.600 bits per heavy atom. The first kappa shape index (κ1) is 17.6. The van der Waals surface area contributed by atoms with E-state index in [4.69, 9.17) is 14.2 Å². The molecule has 0 aliphatic rings. The van der Waals surface area contributed by atoms with Gasteiger partial charge in [0, 0.05) is 14.7 Å². The van der Waals surface area contributed by atoms with Gasteiger partial charge < -0.3 is 14.2 Å². The van der Waals surface area contributed by atoms with Crippen molar-refractivity contribution in [1.82, 2.24) is 0 Å². The number of hydrogen-bond acceptors (Lipinski definition) is 3. The van der Waals surface area contributed by atoms with Gasteiger partial charge in [-0.15, -0.1) is 0 Å². The summed E-state index contributed by atoms with van der Waals surface area (Å²) in [5.41, 5.74) is 4.29. The molecule has 0 atom stereocenters. The highest BCUT2D eigenvalue weighted by molar-refractivity contribution is 14.1. The van der Waals surface area contributed by atoms with Crippen LogP contribution < -0.4 is 14.2 Å². The van der Waals surface area contributed by atoms with Crippen LogP contribution >= 0.6 is 22.6 Å². The Labute approximate surface area is 161 Å². The molecule has 0 radical (unpaired) electrons. The van der Waals surface area contributed by atoms with Crippen molar-refractivity contribution in [3.63, 3.8) is 0 Å². The van der Waals surface area contributed by atoms with E-state index in [2.05, 4.69) is 46.9 Å². The molecule has 3 rings (SSSR count). The van der Waals surface area contributed by atoms with Crippen LogP contribution in [0.4, 0.5) is 0 Å². The van der Waals surface area contributed by atoms with Crippen molar-refractivity contribution in [2.75, 3.05) is 21.3 Å². The summed E-state index contributed by atoms with van der Waals surface area (Å²) in [5.74, 6) is 2.47. The molecule has 0 aliphatic carbocycles. The lowest BCUT2D eigenvalue weighted by molar-refractivity contribution is 0.404. The van der Waals surface area contributed by atoms with Crippen molar-refractivity contribution >= 4 is 22.6 Å². The van der Waals surface area contributed by atoms with E-state index >= 15 is 0 Å². The second-order valence-electron chi connectivity index (χ2n) is 5.43. The van der Waals surface area contributed by atoms with E-state index in [0.717, 1.165) is 43.1 Å². The number of hydrogen-bond donors (Lipinski definition) is 0. The minimum Gasteiger partial charge on any atom is -0.497 e. The normalized spacial score (nSPS) is 10.4. The quantitative estimate of drug-likeness (QED) is 0.474. The summed E-state index contributed by atoms with van der Waals surface area (Å²) >= 11 is 2.39. The second kappa shape index (κ2) is 7.78. The molecule has 0 fully saturated rings. The zero-order chi connectivity index (χ0) is 17.8. The SMILES string of the molecule is COc1ccc(OC)c(-c2cccc(-c3ccccc3OC)c2I)c1. The maximum absolute atomic E-state index is 5.56. The summed E-state index contributed by atoms with van der Waals surface area (Å²) in [5, 5.41) is 0. The molecule has 0 N–H and O–H groups in total. The number of rotatable bonds is 5. The summed E-state index contributed by atoms with van der Waals surface area (Å²) < 4.78 is 17.6. The summed E-state index contributed by atoms with van der Waals surface area (Å²) in [4.78, 5) is 0. The Bertz CT molecular complexity index is 890. The molecule has 0 aliphatic heterocycles. The van der Waals surface area contributed by atoms with E-state index in [1.807, 2.05) is 36.4 Å². The van der Waals surface area contributed by atoms with Crippen molar-refractivity contribution < 1.29 is 14.2 Å². The van der Waals surface area contributed by atoms with Gasteiger partial charge in [0.15, 0.2) is 0 Å². The van der Waals surface area contributed by atoms with Crippen LogP contribution in [0, 0.1) is 3.57 Å². The molecule has 0 saturated carbocycles. The average molecular weight is 446 g/mol. The first-order valence-corrected chi connectivity index (χ1v) is 8.91. The Morgan fingerprint density at radius 3 is 1.88 bits per heavy atom. The maximum Gasteiger partial charge on any atom is 0.126 e. The fourth-order valence-electron chi connectivity index (χ4n) is 2.84. The fourth-order valence-corrected chi connectivity index (χ4v) is 3.78. The smallest absolute Gasteiger partial charge is 0.126 e. The number of methoxy groups -OCH3 is 3. The maximum atomic E-state index is 5.56. The van der Waals surface area contributed by atoms with E-state index < -0.39 is 0 Å². The molecule has 3 nitrogen and oxygen atoms in total. The van der Waals surface area contributed by atoms with Gasteiger partial charge in [0.05, 0.1) is 21.3 Å². The van der Waals surface area contributed by atoms with E-state index in [1.165, 1.54) is 0 Å². The lowest BCUT2D eigenvalue weighted by atomic mass is 9.97. The van der Waals surface area contributed by atoms with Gasteiger partial charge in [-0.2, -0.15) is 0 Å². The highest BCUT2D eigenvalue weighted by atomic mass is 127. The van der Waals surface area contributed by atoms with Crippen molar-refractivity contribution in [2.24, 2.45) is 0 Å². The summed E-state index contributed by atoms with van der Waals surface area (Å²) in [6.07, 6.45) is 0. The minimum atomic E-state index is 0.800. The van der Waals surface area contributed by atoms with Crippen LogP contribution in [-0.2, 0) is 0 Å². The van der Waals surface area contributed by atoms with Gasteiger partial charge in [0.2, 0.25) is 0 Å². The molecule has 4 heteroatoms. The Balaban J connectivity index is 2.21. The van der Waals surface area contributed by atoms with Gasteiger partial charge >= 0.3 is 0 Å². The highest BCUT2D eigenvalue weighted by Gasteiger charge is 2.15. The largest absolute Gasteiger partial charge is 0.497 e.